The van der Waals surface area contributed by atoms with Crippen molar-refractivity contribution in [3.63, 3.8) is 0 Å². The first kappa shape index (κ1) is 18.2. The highest BCUT2D eigenvalue weighted by atomic mass is 16.5. The average molecular weight is 403 g/mol. The van der Waals surface area contributed by atoms with Crippen LogP contribution >= 0.6 is 0 Å². The molecule has 1 aliphatic rings. The second-order valence-corrected chi connectivity index (χ2v) is 7.28. The SMILES string of the molecule is Cc1ccc([C@H]2C[C@H](c3noc(Cn4cnn5ncc(C#N)c5c4=O)n3)CO2)cc1. The molecule has 3 aromatic heterocycles. The normalized spacial score (nSPS) is 18.7. The number of nitrogens with zero attached hydrogens (tertiary/aromatic N) is 7. The quantitative estimate of drug-likeness (QED) is 0.505. The van der Waals surface area contributed by atoms with Crippen molar-refractivity contribution in [2.45, 2.75) is 31.9 Å². The standard InChI is InChI=1S/C20H17N7O3/c1-12-2-4-13(5-3-12)16-6-14(10-29-16)19-24-17(30-25-19)9-26-11-23-27-18(20(26)28)15(7-21)8-22-27/h2-5,8,11,14,16H,6,9-10H2,1H3/t14-,16+/m0/s1. The summed E-state index contributed by atoms with van der Waals surface area (Å²) in [7, 11) is 0. The average Bonchev–Trinajstić information content (AvgIpc) is 3.49. The van der Waals surface area contributed by atoms with Crippen molar-refractivity contribution in [2.75, 3.05) is 6.61 Å². The summed E-state index contributed by atoms with van der Waals surface area (Å²) >= 11 is 0. The van der Waals surface area contributed by atoms with E-state index in [4.69, 9.17) is 14.5 Å². The second kappa shape index (κ2) is 7.20. The Balaban J connectivity index is 1.34. The van der Waals surface area contributed by atoms with E-state index in [1.165, 1.54) is 22.7 Å². The number of ether oxygens (including phenoxy) is 1. The summed E-state index contributed by atoms with van der Waals surface area (Å²) in [6.07, 6.45) is 3.40. The van der Waals surface area contributed by atoms with E-state index in [2.05, 4.69) is 51.5 Å². The van der Waals surface area contributed by atoms with E-state index in [9.17, 15) is 4.79 Å². The van der Waals surface area contributed by atoms with Crippen molar-refractivity contribution in [2.24, 2.45) is 0 Å². The molecular weight excluding hydrogens is 386 g/mol. The van der Waals surface area contributed by atoms with Gasteiger partial charge in [-0.2, -0.15) is 15.3 Å². The molecule has 0 unspecified atom stereocenters. The Kier molecular flexibility index (Phi) is 4.37. The maximum atomic E-state index is 12.7. The molecule has 0 bridgehead atoms. The predicted octanol–water partition coefficient (Wildman–Crippen LogP) is 1.75. The maximum Gasteiger partial charge on any atom is 0.281 e. The van der Waals surface area contributed by atoms with Gasteiger partial charge in [-0.3, -0.25) is 9.36 Å². The molecule has 10 nitrogen and oxygen atoms in total. The van der Waals surface area contributed by atoms with Gasteiger partial charge in [-0.05, 0) is 18.9 Å². The third kappa shape index (κ3) is 3.15. The van der Waals surface area contributed by atoms with Crippen LogP contribution < -0.4 is 5.56 Å². The summed E-state index contributed by atoms with van der Waals surface area (Å²) in [5, 5.41) is 21.2. The molecule has 0 amide bonds. The van der Waals surface area contributed by atoms with Crippen molar-refractivity contribution in [3.8, 4) is 6.07 Å². The summed E-state index contributed by atoms with van der Waals surface area (Å²) in [5.74, 6) is 0.866. The highest BCUT2D eigenvalue weighted by molar-refractivity contribution is 5.57. The number of fused-ring (bicyclic) bond motifs is 1. The number of aromatic nitrogens is 6. The van der Waals surface area contributed by atoms with Crippen molar-refractivity contribution < 1.29 is 9.26 Å². The van der Waals surface area contributed by atoms with E-state index >= 15 is 0 Å². The molecule has 10 heteroatoms. The number of hydrogen-bond acceptors (Lipinski definition) is 8. The largest absolute Gasteiger partial charge is 0.373 e. The molecule has 30 heavy (non-hydrogen) atoms. The highest BCUT2D eigenvalue weighted by Gasteiger charge is 2.31. The fourth-order valence-corrected chi connectivity index (χ4v) is 3.59. The maximum absolute atomic E-state index is 12.7. The monoisotopic (exact) mass is 403 g/mol. The molecule has 0 aliphatic carbocycles. The van der Waals surface area contributed by atoms with Gasteiger partial charge in [-0.15, -0.1) is 9.73 Å². The van der Waals surface area contributed by atoms with Gasteiger partial charge in [-0.1, -0.05) is 35.0 Å². The highest BCUT2D eigenvalue weighted by Crippen LogP contribution is 2.37. The predicted molar refractivity (Wildman–Crippen MR) is 103 cm³/mol. The molecule has 1 fully saturated rings. The van der Waals surface area contributed by atoms with E-state index < -0.39 is 5.56 Å². The van der Waals surface area contributed by atoms with Crippen LogP contribution in [-0.2, 0) is 11.3 Å². The Morgan fingerprint density at radius 3 is 2.90 bits per heavy atom. The smallest absolute Gasteiger partial charge is 0.281 e. The van der Waals surface area contributed by atoms with Crippen molar-refractivity contribution >= 4 is 5.52 Å². The lowest BCUT2D eigenvalue weighted by atomic mass is 9.99. The lowest BCUT2D eigenvalue weighted by molar-refractivity contribution is 0.110. The van der Waals surface area contributed by atoms with Crippen LogP contribution in [-0.4, -0.2) is 36.1 Å². The van der Waals surface area contributed by atoms with Crippen molar-refractivity contribution in [1.29, 1.82) is 5.26 Å². The molecule has 0 radical (unpaired) electrons. The van der Waals surface area contributed by atoms with E-state index in [1.54, 1.807) is 0 Å². The van der Waals surface area contributed by atoms with Gasteiger partial charge < -0.3 is 9.26 Å². The molecule has 1 saturated heterocycles. The zero-order valence-corrected chi connectivity index (χ0v) is 16.1. The Bertz CT molecular complexity index is 1310. The van der Waals surface area contributed by atoms with Gasteiger partial charge >= 0.3 is 0 Å². The van der Waals surface area contributed by atoms with Crippen LogP contribution in [0.4, 0.5) is 0 Å². The summed E-state index contributed by atoms with van der Waals surface area (Å²) in [5.41, 5.74) is 2.22. The molecule has 0 saturated carbocycles. The fourth-order valence-electron chi connectivity index (χ4n) is 3.59. The van der Waals surface area contributed by atoms with Crippen LogP contribution in [0.15, 0.2) is 46.1 Å². The van der Waals surface area contributed by atoms with Gasteiger partial charge in [0.15, 0.2) is 11.3 Å². The zero-order chi connectivity index (χ0) is 20.7. The minimum Gasteiger partial charge on any atom is -0.373 e. The topological polar surface area (TPSA) is 124 Å². The van der Waals surface area contributed by atoms with Crippen LogP contribution in [0.2, 0.25) is 0 Å². The van der Waals surface area contributed by atoms with Crippen LogP contribution in [0.25, 0.3) is 5.52 Å². The number of rotatable bonds is 4. The summed E-state index contributed by atoms with van der Waals surface area (Å²) in [6, 6.07) is 10.2. The van der Waals surface area contributed by atoms with Crippen molar-refractivity contribution in [1.82, 2.24) is 29.5 Å². The van der Waals surface area contributed by atoms with Crippen LogP contribution in [0.5, 0.6) is 0 Å². The Labute approximate surface area is 170 Å². The molecule has 2 atom stereocenters. The molecule has 0 spiro atoms. The van der Waals surface area contributed by atoms with Gasteiger partial charge in [0, 0.05) is 5.92 Å². The van der Waals surface area contributed by atoms with E-state index in [0.29, 0.717) is 12.4 Å². The number of hydrogen-bond donors (Lipinski definition) is 0. The molecule has 5 rings (SSSR count). The van der Waals surface area contributed by atoms with Gasteiger partial charge in [0.25, 0.3) is 5.56 Å². The Morgan fingerprint density at radius 1 is 1.27 bits per heavy atom. The molecule has 1 aliphatic heterocycles. The van der Waals surface area contributed by atoms with E-state index in [-0.39, 0.29) is 35.5 Å². The Morgan fingerprint density at radius 2 is 2.10 bits per heavy atom. The molecule has 0 N–H and O–H groups in total. The molecule has 150 valence electrons. The van der Waals surface area contributed by atoms with Crippen LogP contribution in [0, 0.1) is 18.3 Å². The fraction of sp³-hybridized carbons (Fsp3) is 0.300. The van der Waals surface area contributed by atoms with E-state index in [1.807, 2.05) is 6.07 Å². The zero-order valence-electron chi connectivity index (χ0n) is 16.1. The van der Waals surface area contributed by atoms with Gasteiger partial charge in [0.2, 0.25) is 5.89 Å². The first-order valence-corrected chi connectivity index (χ1v) is 9.46. The molecule has 1 aromatic carbocycles. The van der Waals surface area contributed by atoms with E-state index in [0.717, 1.165) is 16.6 Å². The van der Waals surface area contributed by atoms with Crippen LogP contribution in [0.1, 0.15) is 46.8 Å². The summed E-state index contributed by atoms with van der Waals surface area (Å²) in [4.78, 5) is 17.1. The number of nitriles is 1. The van der Waals surface area contributed by atoms with Crippen LogP contribution in [0.3, 0.4) is 0 Å². The van der Waals surface area contributed by atoms with Gasteiger partial charge in [0.1, 0.15) is 24.5 Å². The minimum atomic E-state index is -0.401. The third-order valence-electron chi connectivity index (χ3n) is 5.24. The summed E-state index contributed by atoms with van der Waals surface area (Å²) < 4.78 is 13.7. The number of benzene rings is 1. The first-order valence-electron chi connectivity index (χ1n) is 9.46. The molecular formula is C20H17N7O3. The molecule has 4 heterocycles. The second-order valence-electron chi connectivity index (χ2n) is 7.28. The van der Waals surface area contributed by atoms with Gasteiger partial charge in [-0.25, -0.2) is 0 Å². The lowest BCUT2D eigenvalue weighted by Gasteiger charge is -2.09. The minimum absolute atomic E-state index is 0.00181. The Hall–Kier alpha value is -3.84. The first-order chi connectivity index (χ1) is 14.6. The molecule has 4 aromatic rings. The van der Waals surface area contributed by atoms with Gasteiger partial charge in [0.05, 0.1) is 18.9 Å². The summed E-state index contributed by atoms with van der Waals surface area (Å²) in [6.45, 7) is 2.61. The third-order valence-corrected chi connectivity index (χ3v) is 5.24. The lowest BCUT2D eigenvalue weighted by Crippen LogP contribution is -2.24. The number of aryl methyl sites for hydroxylation is 1. The van der Waals surface area contributed by atoms with Crippen molar-refractivity contribution in [3.05, 3.63) is 75.5 Å².